The fraction of sp³-hybridized carbons (Fsp3) is 0.500. The highest BCUT2D eigenvalue weighted by Gasteiger charge is 2.37. The highest BCUT2D eigenvalue weighted by atomic mass is 35.5. The predicted molar refractivity (Wildman–Crippen MR) is 139 cm³/mol. The SMILES string of the molecule is [2H]C([2H])([2H])N(C(=O)[C@@H]1CC[C@H](NC(=O)C(=O)Nc2ccc(Cl)cn2)[C@H](NC(=O)c2nc3c(s2)CN(C)CC3)C1)C([2H])([2H])[2H]. The fourth-order valence-electron chi connectivity index (χ4n) is 4.42. The van der Waals surface area contributed by atoms with Gasteiger partial charge in [-0.1, -0.05) is 11.6 Å². The first kappa shape index (κ1) is 19.9. The summed E-state index contributed by atoms with van der Waals surface area (Å²) in [6.07, 6.45) is 1.80. The van der Waals surface area contributed by atoms with Gasteiger partial charge in [0.2, 0.25) is 5.91 Å². The van der Waals surface area contributed by atoms with E-state index in [-0.39, 0.29) is 35.0 Å². The lowest BCUT2D eigenvalue weighted by molar-refractivity contribution is -0.137. The van der Waals surface area contributed by atoms with E-state index in [1.165, 1.54) is 29.7 Å². The highest BCUT2D eigenvalue weighted by Crippen LogP contribution is 2.28. The van der Waals surface area contributed by atoms with Crippen LogP contribution in [0, 0.1) is 5.92 Å². The molecule has 1 fully saturated rings. The molecule has 4 rings (SSSR count). The number of amides is 4. The zero-order valence-electron chi connectivity index (χ0n) is 25.9. The van der Waals surface area contributed by atoms with E-state index < -0.39 is 55.6 Å². The third-order valence-electron chi connectivity index (χ3n) is 6.34. The number of nitrogens with one attached hydrogen (secondary N) is 3. The van der Waals surface area contributed by atoms with Gasteiger partial charge in [-0.2, -0.15) is 0 Å². The number of anilines is 1. The minimum absolute atomic E-state index is 0.00292. The van der Waals surface area contributed by atoms with Crippen LogP contribution in [-0.4, -0.2) is 83.0 Å². The molecule has 37 heavy (non-hydrogen) atoms. The van der Waals surface area contributed by atoms with Gasteiger partial charge in [-0.05, 0) is 38.4 Å². The summed E-state index contributed by atoms with van der Waals surface area (Å²) in [7, 11) is 1.95. The summed E-state index contributed by atoms with van der Waals surface area (Å²) in [4.78, 5) is 63.2. The average molecular weight is 554 g/mol. The van der Waals surface area contributed by atoms with Gasteiger partial charge in [0.15, 0.2) is 5.01 Å². The first-order chi connectivity index (χ1) is 20.0. The zero-order valence-corrected chi connectivity index (χ0v) is 21.5. The molecule has 0 bridgehead atoms. The monoisotopic (exact) mass is 553 g/mol. The van der Waals surface area contributed by atoms with Crippen molar-refractivity contribution in [1.82, 2.24) is 30.4 Å². The van der Waals surface area contributed by atoms with E-state index in [0.717, 1.165) is 17.1 Å². The second kappa shape index (κ2) is 11.5. The Morgan fingerprint density at radius 2 is 1.97 bits per heavy atom. The van der Waals surface area contributed by atoms with Crippen LogP contribution in [0.3, 0.4) is 0 Å². The van der Waals surface area contributed by atoms with Crippen molar-refractivity contribution in [1.29, 1.82) is 0 Å². The maximum absolute atomic E-state index is 13.3. The second-order valence-corrected chi connectivity index (χ2v) is 10.6. The van der Waals surface area contributed by atoms with Crippen LogP contribution in [0.25, 0.3) is 0 Å². The van der Waals surface area contributed by atoms with Crippen LogP contribution >= 0.6 is 22.9 Å². The predicted octanol–water partition coefficient (Wildman–Crippen LogP) is 1.29. The number of hydrogen-bond donors (Lipinski definition) is 3. The lowest BCUT2D eigenvalue weighted by Crippen LogP contribution is -2.57. The summed E-state index contributed by atoms with van der Waals surface area (Å²) in [6.45, 7) is -5.04. The molecular formula is C24H30ClN7O4S. The van der Waals surface area contributed by atoms with Gasteiger partial charge in [0, 0.05) is 64.7 Å². The first-order valence-electron chi connectivity index (χ1n) is 14.6. The van der Waals surface area contributed by atoms with Gasteiger partial charge in [0.05, 0.1) is 16.8 Å². The molecule has 0 aromatic carbocycles. The summed E-state index contributed by atoms with van der Waals surface area (Å²) in [5.74, 6) is -4.78. The highest BCUT2D eigenvalue weighted by molar-refractivity contribution is 7.13. The summed E-state index contributed by atoms with van der Waals surface area (Å²) in [5, 5.41) is 8.20. The molecule has 0 unspecified atom stereocenters. The van der Waals surface area contributed by atoms with E-state index in [1.54, 1.807) is 0 Å². The van der Waals surface area contributed by atoms with Crippen LogP contribution in [0.4, 0.5) is 5.82 Å². The molecule has 13 heteroatoms. The fourth-order valence-corrected chi connectivity index (χ4v) is 5.62. The third kappa shape index (κ3) is 6.62. The lowest BCUT2D eigenvalue weighted by atomic mass is 9.81. The molecule has 3 heterocycles. The summed E-state index contributed by atoms with van der Waals surface area (Å²) in [6, 6.07) is 1.07. The number of fused-ring (bicyclic) bond motifs is 1. The maximum Gasteiger partial charge on any atom is 0.314 e. The molecule has 11 nitrogen and oxygen atoms in total. The second-order valence-electron chi connectivity index (χ2n) is 9.04. The number of halogens is 1. The van der Waals surface area contributed by atoms with Gasteiger partial charge in [0.25, 0.3) is 5.91 Å². The summed E-state index contributed by atoms with van der Waals surface area (Å²) >= 11 is 7.02. The van der Waals surface area contributed by atoms with E-state index in [9.17, 15) is 19.2 Å². The van der Waals surface area contributed by atoms with Crippen molar-refractivity contribution in [2.24, 2.45) is 5.92 Å². The van der Waals surface area contributed by atoms with Gasteiger partial charge in [-0.25, -0.2) is 9.97 Å². The molecule has 2 aromatic rings. The summed E-state index contributed by atoms with van der Waals surface area (Å²) in [5.41, 5.74) is 0.813. The van der Waals surface area contributed by atoms with Crippen molar-refractivity contribution < 1.29 is 27.4 Å². The molecule has 2 aliphatic rings. The number of carbonyl (C=O) groups excluding carboxylic acids is 4. The minimum atomic E-state index is -3.23. The van der Waals surface area contributed by atoms with Crippen molar-refractivity contribution in [3.05, 3.63) is 38.9 Å². The number of nitrogens with zero attached hydrogens (tertiary/aromatic N) is 4. The zero-order chi connectivity index (χ0) is 31.7. The Balaban J connectivity index is 1.53. The standard InChI is InChI=1S/C24H30ClN7O4S/c1-31(2)24(36)13-4-6-15(27-20(33)21(34)30-19-7-5-14(25)11-26-19)17(10-13)28-22(35)23-29-16-8-9-32(3)12-18(16)37-23/h5,7,11,13,15,17H,4,6,8-10,12H2,1-3H3,(H,27,33)(H,28,35)(H,26,30,34)/t13-,15+,17-/m1/s1/i1D3,2D3. The van der Waals surface area contributed by atoms with Gasteiger partial charge in [-0.15, -0.1) is 11.3 Å². The molecule has 3 N–H and O–H groups in total. The number of carbonyl (C=O) groups is 4. The molecule has 198 valence electrons. The Morgan fingerprint density at radius 1 is 1.16 bits per heavy atom. The molecule has 1 saturated carbocycles. The lowest BCUT2D eigenvalue weighted by Gasteiger charge is -2.37. The number of pyridine rings is 1. The van der Waals surface area contributed by atoms with Crippen LogP contribution < -0.4 is 16.0 Å². The third-order valence-corrected chi connectivity index (χ3v) is 7.65. The Kier molecular flexibility index (Phi) is 6.22. The van der Waals surface area contributed by atoms with Gasteiger partial charge in [0.1, 0.15) is 5.82 Å². The molecule has 0 spiro atoms. The summed E-state index contributed by atoms with van der Waals surface area (Å²) < 4.78 is 45.7. The molecule has 3 atom stereocenters. The smallest absolute Gasteiger partial charge is 0.314 e. The molecule has 2 aromatic heterocycles. The number of thiazole rings is 1. The molecule has 1 aliphatic carbocycles. The first-order valence-corrected chi connectivity index (χ1v) is 12.8. The number of likely N-dealkylation sites (N-methyl/N-ethyl adjacent to an activating group) is 1. The molecule has 1 aliphatic heterocycles. The van der Waals surface area contributed by atoms with Gasteiger partial charge >= 0.3 is 11.8 Å². The quantitative estimate of drug-likeness (QED) is 0.474. The topological polar surface area (TPSA) is 137 Å². The van der Waals surface area contributed by atoms with Crippen molar-refractivity contribution in [3.8, 4) is 0 Å². The van der Waals surface area contributed by atoms with Crippen LogP contribution in [0.1, 0.15) is 47.9 Å². The van der Waals surface area contributed by atoms with E-state index in [1.807, 2.05) is 7.05 Å². The molecule has 4 amide bonds. The van der Waals surface area contributed by atoms with E-state index in [2.05, 4.69) is 30.8 Å². The molecule has 0 radical (unpaired) electrons. The Morgan fingerprint density at radius 3 is 2.70 bits per heavy atom. The minimum Gasteiger partial charge on any atom is -0.349 e. The van der Waals surface area contributed by atoms with Crippen molar-refractivity contribution >= 4 is 52.4 Å². The van der Waals surface area contributed by atoms with Crippen molar-refractivity contribution in [3.63, 3.8) is 0 Å². The Labute approximate surface area is 232 Å². The Hall–Kier alpha value is -3.09. The normalized spacial score (nSPS) is 24.5. The number of hydrogen-bond acceptors (Lipinski definition) is 8. The van der Waals surface area contributed by atoms with Crippen LogP contribution in [0.5, 0.6) is 0 Å². The van der Waals surface area contributed by atoms with Crippen LogP contribution in [-0.2, 0) is 27.3 Å². The van der Waals surface area contributed by atoms with Gasteiger partial charge < -0.3 is 25.8 Å². The Bertz CT molecular complexity index is 1370. The van der Waals surface area contributed by atoms with Crippen molar-refractivity contribution in [2.45, 2.75) is 44.3 Å². The average Bonchev–Trinajstić information content (AvgIpc) is 3.32. The van der Waals surface area contributed by atoms with E-state index >= 15 is 0 Å². The van der Waals surface area contributed by atoms with E-state index in [4.69, 9.17) is 19.8 Å². The van der Waals surface area contributed by atoms with Crippen LogP contribution in [0.15, 0.2) is 18.3 Å². The van der Waals surface area contributed by atoms with Crippen LogP contribution in [0.2, 0.25) is 5.02 Å². The number of aromatic nitrogens is 2. The maximum atomic E-state index is 13.3. The largest absolute Gasteiger partial charge is 0.349 e. The molecular weight excluding hydrogens is 518 g/mol. The van der Waals surface area contributed by atoms with Gasteiger partial charge in [-0.3, -0.25) is 19.2 Å². The van der Waals surface area contributed by atoms with E-state index in [0.29, 0.717) is 18.0 Å². The molecule has 0 saturated heterocycles. The number of rotatable bonds is 5. The van der Waals surface area contributed by atoms with Crippen molar-refractivity contribution in [2.75, 3.05) is 32.9 Å².